The first kappa shape index (κ1) is 14.0. The standard InChI is InChI=1S/C14H19N5O2/c1-3-19-4-5-21-12(9-19)14-16-11(6-13(20)17-14)10-7-15-18(2)8-10/h6-8,12H,3-5,9H2,1-2H3,(H,16,17,20). The monoisotopic (exact) mass is 289 g/mol. The van der Waals surface area contributed by atoms with Crippen molar-refractivity contribution in [2.75, 3.05) is 26.2 Å². The minimum atomic E-state index is -0.192. The van der Waals surface area contributed by atoms with Crippen molar-refractivity contribution in [3.05, 3.63) is 34.6 Å². The third-order valence-corrected chi connectivity index (χ3v) is 3.66. The summed E-state index contributed by atoms with van der Waals surface area (Å²) in [6.45, 7) is 5.39. The molecule has 1 aliphatic heterocycles. The summed E-state index contributed by atoms with van der Waals surface area (Å²) in [6, 6.07) is 1.49. The molecule has 2 aromatic heterocycles. The number of likely N-dealkylation sites (N-methyl/N-ethyl adjacent to an activating group) is 1. The molecule has 1 atom stereocenters. The Bertz CT molecular complexity index is 678. The van der Waals surface area contributed by atoms with Gasteiger partial charge in [-0.3, -0.25) is 14.4 Å². The van der Waals surface area contributed by atoms with Crippen molar-refractivity contribution in [3.8, 4) is 11.3 Å². The number of aromatic nitrogens is 4. The summed E-state index contributed by atoms with van der Waals surface area (Å²) in [5.74, 6) is 0.583. The van der Waals surface area contributed by atoms with E-state index >= 15 is 0 Å². The van der Waals surface area contributed by atoms with Crippen LogP contribution in [0.3, 0.4) is 0 Å². The Morgan fingerprint density at radius 2 is 2.38 bits per heavy atom. The van der Waals surface area contributed by atoms with Crippen LogP contribution in [0.15, 0.2) is 23.3 Å². The number of nitrogens with zero attached hydrogens (tertiary/aromatic N) is 4. The lowest BCUT2D eigenvalue weighted by atomic mass is 10.2. The van der Waals surface area contributed by atoms with Crippen molar-refractivity contribution < 1.29 is 4.74 Å². The van der Waals surface area contributed by atoms with Crippen LogP contribution in [-0.2, 0) is 11.8 Å². The van der Waals surface area contributed by atoms with Crippen molar-refractivity contribution >= 4 is 0 Å². The molecule has 112 valence electrons. The molecule has 1 aliphatic rings. The molecular weight excluding hydrogens is 270 g/mol. The van der Waals surface area contributed by atoms with Crippen molar-refractivity contribution in [2.45, 2.75) is 13.0 Å². The number of rotatable bonds is 3. The highest BCUT2D eigenvalue weighted by atomic mass is 16.5. The Labute approximate surface area is 122 Å². The van der Waals surface area contributed by atoms with Crippen LogP contribution in [0, 0.1) is 0 Å². The zero-order valence-electron chi connectivity index (χ0n) is 12.2. The van der Waals surface area contributed by atoms with E-state index in [1.165, 1.54) is 6.07 Å². The maximum atomic E-state index is 11.9. The van der Waals surface area contributed by atoms with Crippen LogP contribution in [0.2, 0.25) is 0 Å². The van der Waals surface area contributed by atoms with E-state index in [2.05, 4.69) is 26.9 Å². The fraction of sp³-hybridized carbons (Fsp3) is 0.500. The summed E-state index contributed by atoms with van der Waals surface area (Å²) in [5, 5.41) is 4.12. The zero-order valence-corrected chi connectivity index (χ0v) is 12.2. The smallest absolute Gasteiger partial charge is 0.251 e. The van der Waals surface area contributed by atoms with E-state index in [0.29, 0.717) is 18.1 Å². The Hall–Kier alpha value is -1.99. The molecule has 0 saturated carbocycles. The fourth-order valence-electron chi connectivity index (χ4n) is 2.49. The highest BCUT2D eigenvalue weighted by Crippen LogP contribution is 2.21. The Kier molecular flexibility index (Phi) is 3.85. The second kappa shape index (κ2) is 5.79. The van der Waals surface area contributed by atoms with Crippen molar-refractivity contribution in [1.29, 1.82) is 0 Å². The maximum absolute atomic E-state index is 11.9. The van der Waals surface area contributed by atoms with E-state index < -0.39 is 0 Å². The first-order valence-corrected chi connectivity index (χ1v) is 7.10. The van der Waals surface area contributed by atoms with Gasteiger partial charge in [0.1, 0.15) is 11.9 Å². The van der Waals surface area contributed by atoms with Gasteiger partial charge >= 0.3 is 0 Å². The minimum Gasteiger partial charge on any atom is -0.368 e. The number of H-pyrrole nitrogens is 1. The average molecular weight is 289 g/mol. The van der Waals surface area contributed by atoms with Gasteiger partial charge in [-0.15, -0.1) is 0 Å². The van der Waals surface area contributed by atoms with Crippen LogP contribution in [-0.4, -0.2) is 50.9 Å². The van der Waals surface area contributed by atoms with Gasteiger partial charge in [-0.2, -0.15) is 5.10 Å². The summed E-state index contributed by atoms with van der Waals surface area (Å²) in [5.41, 5.74) is 1.28. The van der Waals surface area contributed by atoms with Crippen LogP contribution in [0.25, 0.3) is 11.3 Å². The van der Waals surface area contributed by atoms with Crippen LogP contribution >= 0.6 is 0 Å². The first-order valence-electron chi connectivity index (χ1n) is 7.10. The quantitative estimate of drug-likeness (QED) is 0.893. The van der Waals surface area contributed by atoms with E-state index in [4.69, 9.17) is 4.74 Å². The minimum absolute atomic E-state index is 0.170. The Balaban J connectivity index is 1.92. The molecule has 0 amide bonds. The van der Waals surface area contributed by atoms with Gasteiger partial charge in [0.2, 0.25) is 0 Å². The summed E-state index contributed by atoms with van der Waals surface area (Å²) in [4.78, 5) is 21.5. The molecule has 1 N–H and O–H groups in total. The van der Waals surface area contributed by atoms with Crippen molar-refractivity contribution in [2.24, 2.45) is 7.05 Å². The SMILES string of the molecule is CCN1CCOC(c2nc(-c3cnn(C)c3)cc(=O)[nH]2)C1. The Morgan fingerprint density at radius 1 is 1.52 bits per heavy atom. The normalized spacial score (nSPS) is 19.8. The summed E-state index contributed by atoms with van der Waals surface area (Å²) in [7, 11) is 1.83. The van der Waals surface area contributed by atoms with Crippen LogP contribution in [0.5, 0.6) is 0 Å². The highest BCUT2D eigenvalue weighted by Gasteiger charge is 2.23. The number of ether oxygens (including phenoxy) is 1. The van der Waals surface area contributed by atoms with E-state index in [-0.39, 0.29) is 11.7 Å². The number of aryl methyl sites for hydroxylation is 1. The lowest BCUT2D eigenvalue weighted by molar-refractivity contribution is -0.0326. The van der Waals surface area contributed by atoms with Gasteiger partial charge in [0, 0.05) is 38.0 Å². The first-order chi connectivity index (χ1) is 10.2. The lowest BCUT2D eigenvalue weighted by Crippen LogP contribution is -2.39. The van der Waals surface area contributed by atoms with E-state index in [0.717, 1.165) is 25.2 Å². The fourth-order valence-corrected chi connectivity index (χ4v) is 2.49. The van der Waals surface area contributed by atoms with Gasteiger partial charge in [0.25, 0.3) is 5.56 Å². The largest absolute Gasteiger partial charge is 0.368 e. The third-order valence-electron chi connectivity index (χ3n) is 3.66. The summed E-state index contributed by atoms with van der Waals surface area (Å²) >= 11 is 0. The molecule has 0 aliphatic carbocycles. The molecule has 1 fully saturated rings. The molecule has 0 bridgehead atoms. The molecule has 3 rings (SSSR count). The molecule has 0 radical (unpaired) electrons. The molecular formula is C14H19N5O2. The van der Waals surface area contributed by atoms with Gasteiger partial charge in [0.15, 0.2) is 0 Å². The van der Waals surface area contributed by atoms with Crippen LogP contribution < -0.4 is 5.56 Å². The molecule has 21 heavy (non-hydrogen) atoms. The van der Waals surface area contributed by atoms with E-state index in [1.807, 2.05) is 13.2 Å². The maximum Gasteiger partial charge on any atom is 0.251 e. The number of aromatic amines is 1. The third kappa shape index (κ3) is 3.03. The van der Waals surface area contributed by atoms with Crippen LogP contribution in [0.1, 0.15) is 18.9 Å². The molecule has 0 spiro atoms. The van der Waals surface area contributed by atoms with E-state index in [9.17, 15) is 4.79 Å². The summed E-state index contributed by atoms with van der Waals surface area (Å²) in [6.07, 6.45) is 3.35. The molecule has 7 nitrogen and oxygen atoms in total. The molecule has 3 heterocycles. The molecule has 2 aromatic rings. The van der Waals surface area contributed by atoms with Gasteiger partial charge in [-0.25, -0.2) is 4.98 Å². The molecule has 1 unspecified atom stereocenters. The zero-order chi connectivity index (χ0) is 14.8. The second-order valence-corrected chi connectivity index (χ2v) is 5.17. The number of hydrogen-bond donors (Lipinski definition) is 1. The second-order valence-electron chi connectivity index (χ2n) is 5.17. The Morgan fingerprint density at radius 3 is 3.10 bits per heavy atom. The van der Waals surface area contributed by atoms with Gasteiger partial charge in [-0.05, 0) is 6.54 Å². The number of hydrogen-bond acceptors (Lipinski definition) is 5. The number of morpholine rings is 1. The highest BCUT2D eigenvalue weighted by molar-refractivity contribution is 5.56. The van der Waals surface area contributed by atoms with Crippen LogP contribution in [0.4, 0.5) is 0 Å². The molecule has 1 saturated heterocycles. The van der Waals surface area contributed by atoms with Gasteiger partial charge in [-0.1, -0.05) is 6.92 Å². The average Bonchev–Trinajstić information content (AvgIpc) is 2.93. The van der Waals surface area contributed by atoms with Crippen molar-refractivity contribution in [1.82, 2.24) is 24.6 Å². The van der Waals surface area contributed by atoms with Crippen molar-refractivity contribution in [3.63, 3.8) is 0 Å². The predicted molar refractivity (Wildman–Crippen MR) is 77.9 cm³/mol. The van der Waals surface area contributed by atoms with Gasteiger partial charge < -0.3 is 9.72 Å². The van der Waals surface area contributed by atoms with Gasteiger partial charge in [0.05, 0.1) is 18.5 Å². The number of nitrogens with one attached hydrogen (secondary N) is 1. The topological polar surface area (TPSA) is 76.0 Å². The molecule has 0 aromatic carbocycles. The molecule has 7 heteroatoms. The summed E-state index contributed by atoms with van der Waals surface area (Å²) < 4.78 is 7.44. The van der Waals surface area contributed by atoms with E-state index in [1.54, 1.807) is 10.9 Å². The predicted octanol–water partition coefficient (Wildman–Crippen LogP) is 0.564. The lowest BCUT2D eigenvalue weighted by Gasteiger charge is -2.31.